The summed E-state index contributed by atoms with van der Waals surface area (Å²) in [5.41, 5.74) is 0. The van der Waals surface area contributed by atoms with E-state index >= 15 is 0 Å². The highest BCUT2D eigenvalue weighted by molar-refractivity contribution is 9.10. The Morgan fingerprint density at radius 2 is 2.27 bits per heavy atom. The maximum Gasteiger partial charge on any atom is 0.138 e. The van der Waals surface area contributed by atoms with Gasteiger partial charge in [-0.2, -0.15) is 4.37 Å². The second kappa shape index (κ2) is 2.53. The van der Waals surface area contributed by atoms with E-state index in [1.165, 1.54) is 17.6 Å². The minimum absolute atomic E-state index is 0.234. The average Bonchev–Trinajstić information content (AvgIpc) is 2.36. The first-order valence-corrected chi connectivity index (χ1v) is 4.53. The zero-order valence-corrected chi connectivity index (χ0v) is 7.75. The van der Waals surface area contributed by atoms with Crippen molar-refractivity contribution >= 4 is 37.5 Å². The van der Waals surface area contributed by atoms with Crippen LogP contribution in [-0.4, -0.2) is 4.37 Å². The van der Waals surface area contributed by atoms with E-state index in [2.05, 4.69) is 20.3 Å². The van der Waals surface area contributed by atoms with Crippen molar-refractivity contribution in [3.05, 3.63) is 28.6 Å². The Morgan fingerprint density at radius 1 is 1.45 bits per heavy atom. The number of fused-ring (bicyclic) bond motifs is 1. The maximum atomic E-state index is 12.9. The Bertz CT molecular complexity index is 362. The van der Waals surface area contributed by atoms with Gasteiger partial charge in [-0.15, -0.1) is 0 Å². The first-order chi connectivity index (χ1) is 5.27. The van der Waals surface area contributed by atoms with Crippen molar-refractivity contribution < 1.29 is 4.39 Å². The molecule has 1 nitrogen and oxygen atoms in total. The van der Waals surface area contributed by atoms with Crippen molar-refractivity contribution in [3.8, 4) is 0 Å². The lowest BCUT2D eigenvalue weighted by Crippen LogP contribution is -1.73. The number of hydrogen-bond acceptors (Lipinski definition) is 2. The summed E-state index contributed by atoms with van der Waals surface area (Å²) >= 11 is 4.40. The Balaban J connectivity index is 2.86. The summed E-state index contributed by atoms with van der Waals surface area (Å²) in [5, 5.41) is 0.975. The van der Waals surface area contributed by atoms with E-state index in [4.69, 9.17) is 0 Å². The molecule has 0 radical (unpaired) electrons. The third-order valence-corrected chi connectivity index (χ3v) is 2.76. The molecule has 0 amide bonds. The lowest BCUT2D eigenvalue weighted by molar-refractivity contribution is 0.623. The predicted molar refractivity (Wildman–Crippen MR) is 47.3 cm³/mol. The Labute approximate surface area is 75.1 Å². The topological polar surface area (TPSA) is 12.9 Å². The second-order valence-electron chi connectivity index (χ2n) is 2.13. The molecule has 0 N–H and O–H groups in total. The van der Waals surface area contributed by atoms with E-state index in [1.54, 1.807) is 12.3 Å². The van der Waals surface area contributed by atoms with E-state index in [-0.39, 0.29) is 5.82 Å². The quantitative estimate of drug-likeness (QED) is 0.679. The molecule has 11 heavy (non-hydrogen) atoms. The molecule has 0 aliphatic rings. The summed E-state index contributed by atoms with van der Waals surface area (Å²) < 4.78 is 18.2. The summed E-state index contributed by atoms with van der Waals surface area (Å²) in [7, 11) is 0. The molecule has 56 valence electrons. The Morgan fingerprint density at radius 3 is 3.09 bits per heavy atom. The van der Waals surface area contributed by atoms with E-state index in [1.807, 2.05) is 0 Å². The molecule has 0 unspecified atom stereocenters. The molecule has 1 aromatic heterocycles. The molecule has 0 aliphatic carbocycles. The van der Waals surface area contributed by atoms with E-state index in [0.29, 0.717) is 4.47 Å². The molecule has 0 spiro atoms. The molecule has 1 aromatic carbocycles. The summed E-state index contributed by atoms with van der Waals surface area (Å²) in [6.07, 6.45) is 1.73. The zero-order valence-electron chi connectivity index (χ0n) is 5.34. The summed E-state index contributed by atoms with van der Waals surface area (Å²) in [5.74, 6) is -0.234. The molecule has 0 saturated carbocycles. The molecular weight excluding hydrogens is 229 g/mol. The molecule has 2 rings (SSSR count). The van der Waals surface area contributed by atoms with Crippen LogP contribution in [-0.2, 0) is 0 Å². The summed E-state index contributed by atoms with van der Waals surface area (Å²) in [4.78, 5) is 0. The van der Waals surface area contributed by atoms with Crippen LogP contribution in [0.5, 0.6) is 0 Å². The van der Waals surface area contributed by atoms with Gasteiger partial charge < -0.3 is 0 Å². The standard InChI is InChI=1S/C7H3BrFNS/c8-5-1-4-3-10-11-7(4)2-6(5)9/h1-3H. The van der Waals surface area contributed by atoms with E-state index in [9.17, 15) is 4.39 Å². The molecule has 4 heteroatoms. The van der Waals surface area contributed by atoms with Gasteiger partial charge in [-0.25, -0.2) is 4.39 Å². The lowest BCUT2D eigenvalue weighted by atomic mass is 10.3. The van der Waals surface area contributed by atoms with Gasteiger partial charge in [-0.1, -0.05) is 0 Å². The zero-order chi connectivity index (χ0) is 7.84. The van der Waals surface area contributed by atoms with Crippen LogP contribution >= 0.6 is 27.5 Å². The minimum Gasteiger partial charge on any atom is -0.206 e. The van der Waals surface area contributed by atoms with Crippen LogP contribution in [0.25, 0.3) is 10.1 Å². The normalized spacial score (nSPS) is 10.7. The molecule has 0 bridgehead atoms. The summed E-state index contributed by atoms with van der Waals surface area (Å²) in [6, 6.07) is 3.21. The van der Waals surface area contributed by atoms with Gasteiger partial charge >= 0.3 is 0 Å². The number of rotatable bonds is 0. The molecule has 0 saturated heterocycles. The second-order valence-corrected chi connectivity index (χ2v) is 3.82. The molecular formula is C7H3BrFNS. The molecule has 0 fully saturated rings. The third kappa shape index (κ3) is 1.16. The highest BCUT2D eigenvalue weighted by atomic mass is 79.9. The highest BCUT2D eigenvalue weighted by Gasteiger charge is 2.02. The van der Waals surface area contributed by atoms with Gasteiger partial charge in [0.05, 0.1) is 9.17 Å². The van der Waals surface area contributed by atoms with Crippen LogP contribution in [0, 0.1) is 5.82 Å². The molecule has 0 aliphatic heterocycles. The van der Waals surface area contributed by atoms with E-state index < -0.39 is 0 Å². The van der Waals surface area contributed by atoms with Crippen LogP contribution in [0.3, 0.4) is 0 Å². The van der Waals surface area contributed by atoms with Crippen molar-refractivity contribution in [1.82, 2.24) is 4.37 Å². The van der Waals surface area contributed by atoms with Crippen LogP contribution in [0.2, 0.25) is 0 Å². The van der Waals surface area contributed by atoms with Gasteiger partial charge in [-0.3, -0.25) is 0 Å². The Hall–Kier alpha value is -0.480. The van der Waals surface area contributed by atoms with Crippen molar-refractivity contribution in [2.45, 2.75) is 0 Å². The number of nitrogens with zero attached hydrogens (tertiary/aromatic N) is 1. The fourth-order valence-corrected chi connectivity index (χ4v) is 1.88. The van der Waals surface area contributed by atoms with Gasteiger partial charge in [-0.05, 0) is 39.6 Å². The Kier molecular flexibility index (Phi) is 1.65. The first kappa shape index (κ1) is 7.18. The van der Waals surface area contributed by atoms with Gasteiger partial charge in [0.15, 0.2) is 0 Å². The number of hydrogen-bond donors (Lipinski definition) is 0. The number of benzene rings is 1. The van der Waals surface area contributed by atoms with Gasteiger partial charge in [0.2, 0.25) is 0 Å². The van der Waals surface area contributed by atoms with E-state index in [0.717, 1.165) is 10.1 Å². The van der Waals surface area contributed by atoms with Crippen molar-refractivity contribution in [3.63, 3.8) is 0 Å². The molecule has 2 aromatic rings. The average molecular weight is 232 g/mol. The van der Waals surface area contributed by atoms with Crippen LogP contribution in [0.1, 0.15) is 0 Å². The lowest BCUT2D eigenvalue weighted by Gasteiger charge is -1.91. The molecule has 0 atom stereocenters. The van der Waals surface area contributed by atoms with Gasteiger partial charge in [0.25, 0.3) is 0 Å². The predicted octanol–water partition coefficient (Wildman–Crippen LogP) is 3.20. The van der Waals surface area contributed by atoms with Gasteiger partial charge in [0, 0.05) is 11.6 Å². The van der Waals surface area contributed by atoms with Crippen LogP contribution in [0.15, 0.2) is 22.8 Å². The van der Waals surface area contributed by atoms with Crippen molar-refractivity contribution in [2.24, 2.45) is 0 Å². The number of aromatic nitrogens is 1. The van der Waals surface area contributed by atoms with Crippen molar-refractivity contribution in [1.29, 1.82) is 0 Å². The fraction of sp³-hybridized carbons (Fsp3) is 0. The van der Waals surface area contributed by atoms with Crippen LogP contribution in [0.4, 0.5) is 4.39 Å². The van der Waals surface area contributed by atoms with Crippen molar-refractivity contribution in [2.75, 3.05) is 0 Å². The monoisotopic (exact) mass is 231 g/mol. The third-order valence-electron chi connectivity index (χ3n) is 1.40. The van der Waals surface area contributed by atoms with Crippen LogP contribution < -0.4 is 0 Å². The first-order valence-electron chi connectivity index (χ1n) is 2.97. The SMILES string of the molecule is Fc1cc2sncc2cc1Br. The highest BCUT2D eigenvalue weighted by Crippen LogP contribution is 2.25. The van der Waals surface area contributed by atoms with Gasteiger partial charge in [0.1, 0.15) is 5.82 Å². The largest absolute Gasteiger partial charge is 0.206 e. The maximum absolute atomic E-state index is 12.9. The number of halogens is 2. The fourth-order valence-electron chi connectivity index (χ4n) is 0.864. The smallest absolute Gasteiger partial charge is 0.138 e. The summed E-state index contributed by atoms with van der Waals surface area (Å²) in [6.45, 7) is 0. The molecule has 1 heterocycles. The minimum atomic E-state index is -0.234.